The molecule has 0 saturated carbocycles. The lowest BCUT2D eigenvalue weighted by molar-refractivity contribution is -0.437. The van der Waals surface area contributed by atoms with E-state index in [1.54, 1.807) is 10.8 Å². The summed E-state index contributed by atoms with van der Waals surface area (Å²) in [4.78, 5) is 60.9. The lowest BCUT2D eigenvalue weighted by atomic mass is 9.75. The molecule has 470 valence electrons. The zero-order chi connectivity index (χ0) is 63.9. The summed E-state index contributed by atoms with van der Waals surface area (Å²) in [7, 11) is -25.8. The third-order valence-electron chi connectivity index (χ3n) is 15.0. The van der Waals surface area contributed by atoms with Gasteiger partial charge < -0.3 is 49.6 Å². The molecular weight excluding hydrogens is 1230 g/mol. The average Bonchev–Trinajstić information content (AvgIpc) is 1.74. The number of hydrogen-bond acceptors (Lipinski definition) is 17. The first-order valence-corrected chi connectivity index (χ1v) is 35.1. The van der Waals surface area contributed by atoms with Crippen LogP contribution in [-0.2, 0) is 62.0 Å². The van der Waals surface area contributed by atoms with Crippen molar-refractivity contribution >= 4 is 94.7 Å². The predicted octanol–water partition coefficient (Wildman–Crippen LogP) is 8.79. The van der Waals surface area contributed by atoms with Crippen LogP contribution in [0.4, 0.5) is 17.2 Å². The van der Waals surface area contributed by atoms with Gasteiger partial charge in [-0.3, -0.25) is 18.4 Å². The number of ether oxygens (including phenoxy) is 2. The molecule has 0 spiro atoms. The van der Waals surface area contributed by atoms with Crippen molar-refractivity contribution in [1.29, 1.82) is 0 Å². The minimum absolute atomic E-state index is 0.00522. The Bertz CT molecular complexity index is 4060. The zero-order valence-corrected chi connectivity index (χ0v) is 53.3. The molecule has 5 atom stereocenters. The van der Waals surface area contributed by atoms with Gasteiger partial charge in [-0.1, -0.05) is 63.0 Å². The smallest absolute Gasteiger partial charge is 0.460 e. The monoisotopic (exact) mass is 1300 g/mol. The third-order valence-corrected chi connectivity index (χ3v) is 20.5. The van der Waals surface area contributed by atoms with E-state index in [0.29, 0.717) is 40.0 Å². The molecule has 31 heteroatoms. The molecule has 4 aliphatic heterocycles. The molecule has 8 rings (SSSR count). The highest BCUT2D eigenvalue weighted by molar-refractivity contribution is 7.86. The maximum atomic E-state index is 13.5. The number of nitrogens with two attached hydrogens (primary N) is 1. The quantitative estimate of drug-likeness (QED) is 0.0120. The number of phosphoric acid groups is 3. The summed E-state index contributed by atoms with van der Waals surface area (Å²) >= 11 is 0. The Labute approximate surface area is 504 Å². The molecule has 0 radical (unpaired) electrons. The molecule has 9 N–H and O–H groups in total. The van der Waals surface area contributed by atoms with Crippen molar-refractivity contribution in [3.63, 3.8) is 0 Å². The van der Waals surface area contributed by atoms with Gasteiger partial charge in [-0.15, -0.1) is 0 Å². The number of carbonyl (C=O) groups excluding carboxylic acids is 1. The molecule has 4 aliphatic rings. The van der Waals surface area contributed by atoms with E-state index in [4.69, 9.17) is 29.5 Å². The summed E-state index contributed by atoms with van der Waals surface area (Å²) in [5.74, 6) is 6.57. The molecule has 1 saturated heterocycles. The van der Waals surface area contributed by atoms with Crippen molar-refractivity contribution in [2.24, 2.45) is 5.41 Å². The Morgan fingerprint density at radius 3 is 2.39 bits per heavy atom. The van der Waals surface area contributed by atoms with Gasteiger partial charge in [0.15, 0.2) is 5.71 Å². The van der Waals surface area contributed by atoms with Crippen LogP contribution in [0.15, 0.2) is 96.0 Å². The molecule has 2 aromatic heterocycles. The van der Waals surface area contributed by atoms with Crippen molar-refractivity contribution < 1.29 is 91.2 Å². The number of fused-ring (bicyclic) bond motifs is 4. The number of aromatic nitrogens is 3. The molecular formula is C56H71N7O19P3S2+. The van der Waals surface area contributed by atoms with Gasteiger partial charge in [0.25, 0.3) is 20.2 Å². The first-order chi connectivity index (χ1) is 40.4. The molecule has 4 aromatic rings. The van der Waals surface area contributed by atoms with Gasteiger partial charge >= 0.3 is 23.5 Å². The largest absolute Gasteiger partial charge is 0.490 e. The van der Waals surface area contributed by atoms with Gasteiger partial charge in [0.1, 0.15) is 42.1 Å². The zero-order valence-electron chi connectivity index (χ0n) is 49.0. The van der Waals surface area contributed by atoms with Crippen molar-refractivity contribution in [2.45, 2.75) is 122 Å². The van der Waals surface area contributed by atoms with E-state index < -0.39 is 73.8 Å². The van der Waals surface area contributed by atoms with Crippen LogP contribution in [0.25, 0.3) is 22.2 Å². The maximum Gasteiger partial charge on any atom is 0.490 e. The number of nitrogens with zero attached hydrogens (tertiary/aromatic N) is 5. The SMILES string of the molecule is CCN1c2cc3c(cc2C(C)=CC1(C)C)C(=CC=CC=CC1=[N+](CCCS(=O)(=O)O)c2ccc(S(=O)(=O)O)cc2C1(C)CCCC(=O)NCC#Cc1cn([C@H]2CC[C@@H](COP(=O)(O)OP(=O)(O)OP(=O)(O)O)O2)c2ncnc(N)c12)C=C(C(C)(C)C)O3. The number of hydrogen-bond donors (Lipinski definition) is 8. The highest BCUT2D eigenvalue weighted by Crippen LogP contribution is 2.66. The molecule has 1 fully saturated rings. The molecule has 0 aliphatic carbocycles. The first-order valence-electron chi connectivity index (χ1n) is 27.5. The van der Waals surface area contributed by atoms with Gasteiger partial charge in [-0.05, 0) is 95.7 Å². The normalized spacial score (nSPS) is 21.4. The fraction of sp³-hybridized carbons (Fsp3) is 0.429. The van der Waals surface area contributed by atoms with E-state index >= 15 is 0 Å². The Morgan fingerprint density at radius 2 is 1.71 bits per heavy atom. The lowest BCUT2D eigenvalue weighted by Gasteiger charge is -2.43. The predicted molar refractivity (Wildman–Crippen MR) is 325 cm³/mol. The fourth-order valence-electron chi connectivity index (χ4n) is 11.2. The van der Waals surface area contributed by atoms with Crippen molar-refractivity contribution in [3.8, 4) is 17.6 Å². The van der Waals surface area contributed by atoms with Crippen molar-refractivity contribution in [1.82, 2.24) is 19.9 Å². The number of carbonyl (C=O) groups is 1. The first kappa shape index (κ1) is 67.0. The van der Waals surface area contributed by atoms with Crippen LogP contribution >= 0.6 is 23.5 Å². The van der Waals surface area contributed by atoms with Gasteiger partial charge in [0.05, 0.1) is 51.8 Å². The number of rotatable bonds is 22. The molecule has 26 nitrogen and oxygen atoms in total. The molecule has 6 heterocycles. The van der Waals surface area contributed by atoms with Gasteiger partial charge in [0, 0.05) is 71.6 Å². The Morgan fingerprint density at radius 1 is 0.977 bits per heavy atom. The Balaban J connectivity index is 0.997. The molecule has 1 amide bonds. The van der Waals surface area contributed by atoms with Crippen LogP contribution in [0.2, 0.25) is 0 Å². The van der Waals surface area contributed by atoms with Gasteiger partial charge in [-0.25, -0.2) is 23.7 Å². The number of nitrogen functional groups attached to an aromatic ring is 1. The second-order valence-corrected chi connectivity index (χ2v) is 30.4. The number of amides is 1. The minimum Gasteiger partial charge on any atom is -0.460 e. The fourth-order valence-corrected chi connectivity index (χ4v) is 15.3. The number of benzene rings is 2. The summed E-state index contributed by atoms with van der Waals surface area (Å²) in [6, 6.07) is 8.46. The van der Waals surface area contributed by atoms with Crippen LogP contribution < -0.4 is 20.7 Å². The van der Waals surface area contributed by atoms with Crippen LogP contribution in [0.5, 0.6) is 5.75 Å². The standard InChI is InChI=1S/C56H70N7O19P3S2/c1-9-63-45-31-46-42(30-41(45)36(2)32-55(63,6)7)37(28-48(80-46)54(3,4)5)16-11-10-12-18-47-56(8,43-29-40(87(75,76)77)21-22-44(43)61(47)26-15-27-86(72,73)74)24-13-19-49(64)58-25-14-17-38-33-62(53-51(38)52(57)59-35-60-53)50-23-20-39(79-50)34-78-84(68,69)82-85(70,71)81-83(65,66)67/h10-12,16,18,21-22,28-33,35,39,50H,9,13,15,19-20,23-27,34H2,1-8H3,(H8-,57,58,59,60,64,65,66,67,68,69,70,71,72,73,74,75,76,77)/p+1/t39-,50+,56?/m0/s1. The van der Waals surface area contributed by atoms with Crippen molar-refractivity contribution in [2.75, 3.05) is 42.6 Å². The number of allylic oxidation sites excluding steroid dienone is 9. The van der Waals surface area contributed by atoms with Crippen LogP contribution in [0.1, 0.15) is 122 Å². The Hall–Kier alpha value is -5.95. The summed E-state index contributed by atoms with van der Waals surface area (Å²) in [6.07, 6.45) is 15.9. The van der Waals surface area contributed by atoms with Gasteiger partial charge in [-0.2, -0.15) is 30.0 Å². The second kappa shape index (κ2) is 25.5. The highest BCUT2D eigenvalue weighted by atomic mass is 32.2. The van der Waals surface area contributed by atoms with Crippen molar-refractivity contribution in [3.05, 3.63) is 113 Å². The summed E-state index contributed by atoms with van der Waals surface area (Å²) in [5.41, 5.74) is 12.3. The molecule has 87 heavy (non-hydrogen) atoms. The van der Waals surface area contributed by atoms with Crippen LogP contribution in [0, 0.1) is 17.3 Å². The molecule has 3 unspecified atom stereocenters. The lowest BCUT2D eigenvalue weighted by Crippen LogP contribution is -2.45. The topological polar surface area (TPSA) is 379 Å². The van der Waals surface area contributed by atoms with Crippen LogP contribution in [-0.4, -0.2) is 120 Å². The maximum absolute atomic E-state index is 13.5. The van der Waals surface area contributed by atoms with Crippen LogP contribution in [0.3, 0.4) is 0 Å². The number of nitrogens with one attached hydrogen (secondary N) is 1. The summed E-state index contributed by atoms with van der Waals surface area (Å²) in [6.45, 7) is 16.9. The van der Waals surface area contributed by atoms with E-state index in [1.807, 2.05) is 48.0 Å². The van der Waals surface area contributed by atoms with E-state index in [9.17, 15) is 54.2 Å². The molecule has 0 bridgehead atoms. The second-order valence-electron chi connectivity index (χ2n) is 23.0. The summed E-state index contributed by atoms with van der Waals surface area (Å²) < 4.78 is 132. The Kier molecular flexibility index (Phi) is 19.6. The molecule has 2 aromatic carbocycles. The van der Waals surface area contributed by atoms with E-state index in [-0.39, 0.29) is 72.8 Å². The summed E-state index contributed by atoms with van der Waals surface area (Å²) in [5, 5.41) is 3.15. The highest BCUT2D eigenvalue weighted by Gasteiger charge is 2.48. The third kappa shape index (κ3) is 16.1. The minimum atomic E-state index is -5.73. The average molecular weight is 1300 g/mol. The van der Waals surface area contributed by atoms with E-state index in [1.165, 1.54) is 24.5 Å². The number of phosphoric ester groups is 1. The number of anilines is 2. The van der Waals surface area contributed by atoms with Gasteiger partial charge in [0.2, 0.25) is 11.6 Å². The van der Waals surface area contributed by atoms with E-state index in [2.05, 4.69) is 107 Å². The van der Waals surface area contributed by atoms with E-state index in [0.717, 1.165) is 46.0 Å². The number of likely N-dealkylation sites (N-methyl/N-ethyl adjacent to an activating group) is 1.